The van der Waals surface area contributed by atoms with Crippen LogP contribution >= 0.6 is 11.6 Å². The van der Waals surface area contributed by atoms with Crippen LogP contribution in [-0.4, -0.2) is 36.1 Å². The van der Waals surface area contributed by atoms with Crippen LogP contribution in [0.4, 0.5) is 10.3 Å². The monoisotopic (exact) mass is 349 g/mol. The summed E-state index contributed by atoms with van der Waals surface area (Å²) in [4.78, 5) is 16.3. The van der Waals surface area contributed by atoms with Crippen LogP contribution in [0.15, 0.2) is 24.4 Å². The minimum Gasteiger partial charge on any atom is -0.288 e. The molecule has 0 unspecified atom stereocenters. The van der Waals surface area contributed by atoms with Gasteiger partial charge in [-0.05, 0) is 12.1 Å². The highest BCUT2D eigenvalue weighted by Gasteiger charge is 2.16. The SMILES string of the molecule is CC(C)c1nc(NC(=O)c2cn(-c3cccc(Cl)c3F)nn2)n[nH]1. The Balaban J connectivity index is 1.79. The van der Waals surface area contributed by atoms with E-state index in [0.717, 1.165) is 4.68 Å². The molecule has 10 heteroatoms. The van der Waals surface area contributed by atoms with Crippen molar-refractivity contribution in [1.82, 2.24) is 30.2 Å². The molecule has 8 nitrogen and oxygen atoms in total. The second-order valence-electron chi connectivity index (χ2n) is 5.27. The molecule has 24 heavy (non-hydrogen) atoms. The maximum absolute atomic E-state index is 14.0. The Bertz CT molecular complexity index is 889. The number of carbonyl (C=O) groups excluding carboxylic acids is 1. The fourth-order valence-electron chi connectivity index (χ4n) is 1.91. The number of aromatic amines is 1. The molecular weight excluding hydrogens is 337 g/mol. The minimum atomic E-state index is -0.647. The number of anilines is 1. The van der Waals surface area contributed by atoms with E-state index in [2.05, 4.69) is 30.8 Å². The lowest BCUT2D eigenvalue weighted by Gasteiger charge is -2.02. The average Bonchev–Trinajstić information content (AvgIpc) is 3.19. The lowest BCUT2D eigenvalue weighted by atomic mass is 10.2. The molecule has 2 N–H and O–H groups in total. The van der Waals surface area contributed by atoms with Gasteiger partial charge in [0, 0.05) is 5.92 Å². The molecule has 0 aliphatic carbocycles. The van der Waals surface area contributed by atoms with Gasteiger partial charge in [-0.2, -0.15) is 4.98 Å². The third kappa shape index (κ3) is 3.11. The normalized spacial score (nSPS) is 11.0. The van der Waals surface area contributed by atoms with Gasteiger partial charge in [0.25, 0.3) is 5.91 Å². The summed E-state index contributed by atoms with van der Waals surface area (Å²) in [5, 5.41) is 16.5. The van der Waals surface area contributed by atoms with Crippen molar-refractivity contribution in [2.24, 2.45) is 0 Å². The largest absolute Gasteiger partial charge is 0.288 e. The third-order valence-electron chi connectivity index (χ3n) is 3.18. The van der Waals surface area contributed by atoms with Crippen LogP contribution in [0, 0.1) is 5.82 Å². The first-order chi connectivity index (χ1) is 11.5. The highest BCUT2D eigenvalue weighted by molar-refractivity contribution is 6.30. The molecule has 3 aromatic rings. The van der Waals surface area contributed by atoms with Gasteiger partial charge in [0.1, 0.15) is 11.5 Å². The number of halogens is 2. The highest BCUT2D eigenvalue weighted by Crippen LogP contribution is 2.20. The molecule has 0 saturated heterocycles. The van der Waals surface area contributed by atoms with Gasteiger partial charge >= 0.3 is 0 Å². The van der Waals surface area contributed by atoms with Crippen molar-refractivity contribution >= 4 is 23.5 Å². The fourth-order valence-corrected chi connectivity index (χ4v) is 2.08. The summed E-state index contributed by atoms with van der Waals surface area (Å²) in [5.41, 5.74) is 0.0827. The van der Waals surface area contributed by atoms with E-state index in [1.165, 1.54) is 18.3 Å². The number of nitrogens with one attached hydrogen (secondary N) is 2. The lowest BCUT2D eigenvalue weighted by Crippen LogP contribution is -2.13. The van der Waals surface area contributed by atoms with Gasteiger partial charge in [0.05, 0.1) is 11.2 Å². The van der Waals surface area contributed by atoms with Crippen molar-refractivity contribution in [2.75, 3.05) is 5.32 Å². The topological polar surface area (TPSA) is 101 Å². The summed E-state index contributed by atoms with van der Waals surface area (Å²) in [6, 6.07) is 4.46. The predicted molar refractivity (Wildman–Crippen MR) is 84.8 cm³/mol. The first-order valence-electron chi connectivity index (χ1n) is 7.06. The second kappa shape index (κ2) is 6.36. The van der Waals surface area contributed by atoms with Crippen molar-refractivity contribution in [1.29, 1.82) is 0 Å². The molecule has 0 spiro atoms. The molecule has 124 valence electrons. The molecular formula is C14H13ClFN7O. The van der Waals surface area contributed by atoms with E-state index in [1.54, 1.807) is 6.07 Å². The minimum absolute atomic E-state index is 0.00901. The van der Waals surface area contributed by atoms with Gasteiger partial charge in [-0.3, -0.25) is 15.2 Å². The van der Waals surface area contributed by atoms with Gasteiger partial charge in [-0.1, -0.05) is 36.7 Å². The van der Waals surface area contributed by atoms with Crippen molar-refractivity contribution in [3.63, 3.8) is 0 Å². The summed E-state index contributed by atoms with van der Waals surface area (Å²) in [7, 11) is 0. The Hall–Kier alpha value is -2.81. The highest BCUT2D eigenvalue weighted by atomic mass is 35.5. The smallest absolute Gasteiger partial charge is 0.280 e. The molecule has 2 aromatic heterocycles. The van der Waals surface area contributed by atoms with E-state index >= 15 is 0 Å². The van der Waals surface area contributed by atoms with Crippen molar-refractivity contribution in [3.05, 3.63) is 46.8 Å². The Morgan fingerprint density at radius 3 is 2.92 bits per heavy atom. The van der Waals surface area contributed by atoms with Crippen molar-refractivity contribution < 1.29 is 9.18 Å². The molecule has 1 aromatic carbocycles. The number of nitrogens with zero attached hydrogens (tertiary/aromatic N) is 5. The zero-order valence-electron chi connectivity index (χ0n) is 12.8. The van der Waals surface area contributed by atoms with Gasteiger partial charge in [-0.15, -0.1) is 10.2 Å². The molecule has 3 rings (SSSR count). The van der Waals surface area contributed by atoms with Crippen LogP contribution in [-0.2, 0) is 0 Å². The van der Waals surface area contributed by atoms with Gasteiger partial charge in [-0.25, -0.2) is 9.07 Å². The zero-order chi connectivity index (χ0) is 17.3. The summed E-state index contributed by atoms with van der Waals surface area (Å²) < 4.78 is 15.1. The first-order valence-corrected chi connectivity index (χ1v) is 7.44. The third-order valence-corrected chi connectivity index (χ3v) is 3.47. The lowest BCUT2D eigenvalue weighted by molar-refractivity contribution is 0.102. The number of aromatic nitrogens is 6. The molecule has 0 fully saturated rings. The first kappa shape index (κ1) is 16.1. The van der Waals surface area contributed by atoms with Crippen molar-refractivity contribution in [3.8, 4) is 5.69 Å². The van der Waals surface area contributed by atoms with Crippen LogP contribution in [0.3, 0.4) is 0 Å². The quantitative estimate of drug-likeness (QED) is 0.753. The molecule has 0 radical (unpaired) electrons. The second-order valence-corrected chi connectivity index (χ2v) is 5.68. The van der Waals surface area contributed by atoms with Gasteiger partial charge in [0.15, 0.2) is 11.5 Å². The number of H-pyrrole nitrogens is 1. The molecule has 0 aliphatic rings. The summed E-state index contributed by atoms with van der Waals surface area (Å²) in [6.45, 7) is 3.88. The summed E-state index contributed by atoms with van der Waals surface area (Å²) in [5.74, 6) is -0.276. The number of benzene rings is 1. The van der Waals surface area contributed by atoms with E-state index in [9.17, 15) is 9.18 Å². The van der Waals surface area contributed by atoms with Crippen molar-refractivity contribution in [2.45, 2.75) is 19.8 Å². The predicted octanol–water partition coefficient (Wildman–Crippen LogP) is 2.55. The van der Waals surface area contributed by atoms with Crippen LogP contribution in [0.2, 0.25) is 5.02 Å². The van der Waals surface area contributed by atoms with Crippen LogP contribution in [0.25, 0.3) is 5.69 Å². The van der Waals surface area contributed by atoms with Gasteiger partial charge < -0.3 is 0 Å². The number of carbonyl (C=O) groups is 1. The van der Waals surface area contributed by atoms with Crippen LogP contribution in [0.5, 0.6) is 0 Å². The Labute approximate surface area is 141 Å². The maximum Gasteiger partial charge on any atom is 0.280 e. The molecule has 0 saturated carbocycles. The standard InChI is InChI=1S/C14H13ClFN7O/c1-7(2)12-17-14(21-20-12)18-13(24)9-6-23(22-19-9)10-5-3-4-8(15)11(10)16/h3-7H,1-2H3,(H2,17,18,20,21,24). The number of hydrogen-bond donors (Lipinski definition) is 2. The van der Waals surface area contributed by atoms with Crippen LogP contribution < -0.4 is 5.32 Å². The number of rotatable bonds is 4. The maximum atomic E-state index is 14.0. The van der Waals surface area contributed by atoms with Crippen LogP contribution in [0.1, 0.15) is 36.1 Å². The molecule has 0 bridgehead atoms. The van der Waals surface area contributed by atoms with E-state index in [1.807, 2.05) is 13.8 Å². The molecule has 2 heterocycles. The van der Waals surface area contributed by atoms with E-state index in [4.69, 9.17) is 11.6 Å². The fraction of sp³-hybridized carbons (Fsp3) is 0.214. The molecule has 0 atom stereocenters. The number of amides is 1. The summed E-state index contributed by atoms with van der Waals surface area (Å²) >= 11 is 5.73. The Kier molecular flexibility index (Phi) is 4.26. The van der Waals surface area contributed by atoms with E-state index < -0.39 is 11.7 Å². The van der Waals surface area contributed by atoms with E-state index in [0.29, 0.717) is 5.82 Å². The average molecular weight is 350 g/mol. The van der Waals surface area contributed by atoms with Gasteiger partial charge in [0.2, 0.25) is 5.95 Å². The zero-order valence-corrected chi connectivity index (χ0v) is 13.5. The molecule has 0 aliphatic heterocycles. The Morgan fingerprint density at radius 2 is 2.21 bits per heavy atom. The summed E-state index contributed by atoms with van der Waals surface area (Å²) in [6.07, 6.45) is 1.29. The Morgan fingerprint density at radius 1 is 1.42 bits per heavy atom. The van der Waals surface area contributed by atoms with E-state index in [-0.39, 0.29) is 28.3 Å². The number of hydrogen-bond acceptors (Lipinski definition) is 5. The molecule has 1 amide bonds.